The molecule has 0 radical (unpaired) electrons. The maximum absolute atomic E-state index is 11.7. The van der Waals surface area contributed by atoms with Crippen LogP contribution in [-0.2, 0) is 14.3 Å². The molecule has 98 valence electrons. The second-order valence-electron chi connectivity index (χ2n) is 5.77. The molecule has 0 aromatic rings. The number of carbonyl (C=O) groups is 2. The van der Waals surface area contributed by atoms with Crippen LogP contribution in [0.2, 0.25) is 0 Å². The molecule has 2 unspecified atom stereocenters. The van der Waals surface area contributed by atoms with E-state index in [1.54, 1.807) is 0 Å². The van der Waals surface area contributed by atoms with Crippen molar-refractivity contribution < 1.29 is 14.3 Å². The number of cyclic esters (lactones) is 2. The van der Waals surface area contributed by atoms with Crippen LogP contribution in [0.25, 0.3) is 0 Å². The zero-order chi connectivity index (χ0) is 13.3. The first-order valence-corrected chi connectivity index (χ1v) is 6.51. The minimum Gasteiger partial charge on any atom is -0.392 e. The summed E-state index contributed by atoms with van der Waals surface area (Å²) in [5, 5.41) is 0. The van der Waals surface area contributed by atoms with E-state index in [4.69, 9.17) is 4.74 Å². The molecule has 0 aromatic heterocycles. The van der Waals surface area contributed by atoms with Crippen molar-refractivity contribution in [1.29, 1.82) is 0 Å². The zero-order valence-corrected chi connectivity index (χ0v) is 11.3. The quantitative estimate of drug-likeness (QED) is 0.438. The molecule has 2 aliphatic rings. The van der Waals surface area contributed by atoms with E-state index in [0.29, 0.717) is 12.8 Å². The van der Waals surface area contributed by atoms with E-state index in [0.717, 1.165) is 12.8 Å². The molecule has 1 heterocycles. The Kier molecular flexibility index (Phi) is 3.42. The highest BCUT2D eigenvalue weighted by Crippen LogP contribution is 2.47. The normalized spacial score (nSPS) is 30.6. The second-order valence-corrected chi connectivity index (χ2v) is 5.77. The van der Waals surface area contributed by atoms with Crippen molar-refractivity contribution in [3.8, 4) is 0 Å². The molecule has 0 spiro atoms. The van der Waals surface area contributed by atoms with Crippen LogP contribution in [0.5, 0.6) is 0 Å². The van der Waals surface area contributed by atoms with E-state index in [2.05, 4.69) is 26.0 Å². The van der Waals surface area contributed by atoms with Crippen LogP contribution >= 0.6 is 0 Å². The summed E-state index contributed by atoms with van der Waals surface area (Å²) in [5.74, 6) is -0.955. The number of carbonyl (C=O) groups excluding carboxylic acids is 2. The van der Waals surface area contributed by atoms with Crippen LogP contribution in [0.15, 0.2) is 23.3 Å². The number of esters is 2. The van der Waals surface area contributed by atoms with Gasteiger partial charge in [0.1, 0.15) is 0 Å². The van der Waals surface area contributed by atoms with Gasteiger partial charge in [-0.15, -0.1) is 0 Å². The SMILES string of the molecule is CC(C)=CCCC1=CCC2(C)C(=O)OC(=O)C2C1. The van der Waals surface area contributed by atoms with Gasteiger partial charge in [0.05, 0.1) is 11.3 Å². The Morgan fingerprint density at radius 3 is 2.89 bits per heavy atom. The molecule has 18 heavy (non-hydrogen) atoms. The monoisotopic (exact) mass is 248 g/mol. The Morgan fingerprint density at radius 1 is 1.50 bits per heavy atom. The first-order valence-electron chi connectivity index (χ1n) is 6.51. The average Bonchev–Trinajstić information content (AvgIpc) is 2.51. The summed E-state index contributed by atoms with van der Waals surface area (Å²) in [6, 6.07) is 0. The van der Waals surface area contributed by atoms with Gasteiger partial charge in [-0.1, -0.05) is 23.3 Å². The van der Waals surface area contributed by atoms with Gasteiger partial charge in [0.2, 0.25) is 0 Å². The van der Waals surface area contributed by atoms with E-state index in [1.807, 2.05) is 6.92 Å². The van der Waals surface area contributed by atoms with Crippen LogP contribution in [0.3, 0.4) is 0 Å². The van der Waals surface area contributed by atoms with Gasteiger partial charge in [-0.05, 0) is 46.5 Å². The van der Waals surface area contributed by atoms with Crippen LogP contribution < -0.4 is 0 Å². The van der Waals surface area contributed by atoms with E-state index < -0.39 is 5.41 Å². The summed E-state index contributed by atoms with van der Waals surface area (Å²) in [6.07, 6.45) is 7.60. The lowest BCUT2D eigenvalue weighted by atomic mass is 9.69. The van der Waals surface area contributed by atoms with Crippen LogP contribution in [0.4, 0.5) is 0 Å². The van der Waals surface area contributed by atoms with Gasteiger partial charge in [-0.25, -0.2) is 0 Å². The van der Waals surface area contributed by atoms with Gasteiger partial charge < -0.3 is 4.74 Å². The molecule has 1 aliphatic carbocycles. The fraction of sp³-hybridized carbons (Fsp3) is 0.600. The highest BCUT2D eigenvalue weighted by molar-refractivity contribution is 5.99. The van der Waals surface area contributed by atoms with Crippen molar-refractivity contribution in [2.75, 3.05) is 0 Å². The third-order valence-corrected chi connectivity index (χ3v) is 4.01. The van der Waals surface area contributed by atoms with Crippen LogP contribution in [-0.4, -0.2) is 11.9 Å². The maximum Gasteiger partial charge on any atom is 0.320 e. The summed E-state index contributed by atoms with van der Waals surface area (Å²) >= 11 is 0. The standard InChI is InChI=1S/C15H20O3/c1-10(2)5-4-6-11-7-8-15(3)12(9-11)13(16)18-14(15)17/h5,7,12H,4,6,8-9H2,1-3H3. The minimum atomic E-state index is -0.614. The zero-order valence-electron chi connectivity index (χ0n) is 11.3. The van der Waals surface area contributed by atoms with E-state index in [9.17, 15) is 9.59 Å². The Balaban J connectivity index is 2.05. The fourth-order valence-electron chi connectivity index (χ4n) is 2.67. The topological polar surface area (TPSA) is 43.4 Å². The number of hydrogen-bond acceptors (Lipinski definition) is 3. The largest absolute Gasteiger partial charge is 0.392 e. The maximum atomic E-state index is 11.7. The number of fused-ring (bicyclic) bond motifs is 1. The van der Waals surface area contributed by atoms with Gasteiger partial charge in [0.25, 0.3) is 0 Å². The summed E-state index contributed by atoms with van der Waals surface area (Å²) in [4.78, 5) is 23.3. The lowest BCUT2D eigenvalue weighted by molar-refractivity contribution is -0.155. The smallest absolute Gasteiger partial charge is 0.320 e. The van der Waals surface area contributed by atoms with Crippen molar-refractivity contribution in [3.63, 3.8) is 0 Å². The molecular weight excluding hydrogens is 228 g/mol. The number of ether oxygens (including phenoxy) is 1. The van der Waals surface area contributed by atoms with Gasteiger partial charge in [0, 0.05) is 0 Å². The Bertz CT molecular complexity index is 441. The van der Waals surface area contributed by atoms with Crippen LogP contribution in [0, 0.1) is 11.3 Å². The Morgan fingerprint density at radius 2 is 2.22 bits per heavy atom. The summed E-state index contributed by atoms with van der Waals surface area (Å²) in [7, 11) is 0. The summed E-state index contributed by atoms with van der Waals surface area (Å²) in [5.41, 5.74) is 1.98. The Labute approximate surface area is 108 Å². The molecule has 2 rings (SSSR count). The van der Waals surface area contributed by atoms with Crippen molar-refractivity contribution in [1.82, 2.24) is 0 Å². The van der Waals surface area contributed by atoms with Crippen molar-refractivity contribution in [3.05, 3.63) is 23.3 Å². The molecule has 3 nitrogen and oxygen atoms in total. The molecule has 1 aliphatic heterocycles. The summed E-state index contributed by atoms with van der Waals surface area (Å²) in [6.45, 7) is 6.01. The predicted octanol–water partition coefficient (Wildman–Crippen LogP) is 3.16. The van der Waals surface area contributed by atoms with Crippen molar-refractivity contribution in [2.24, 2.45) is 11.3 Å². The molecule has 1 fully saturated rings. The van der Waals surface area contributed by atoms with Crippen molar-refractivity contribution in [2.45, 2.75) is 46.5 Å². The number of allylic oxidation sites excluding steroid dienone is 4. The minimum absolute atomic E-state index is 0.267. The molecule has 0 saturated carbocycles. The highest BCUT2D eigenvalue weighted by Gasteiger charge is 2.54. The third-order valence-electron chi connectivity index (χ3n) is 4.01. The molecule has 0 amide bonds. The van der Waals surface area contributed by atoms with Gasteiger partial charge in [-0.3, -0.25) is 9.59 Å². The van der Waals surface area contributed by atoms with E-state index in [1.165, 1.54) is 11.1 Å². The van der Waals surface area contributed by atoms with E-state index in [-0.39, 0.29) is 17.9 Å². The molecule has 0 bridgehead atoms. The van der Waals surface area contributed by atoms with Gasteiger partial charge in [0.15, 0.2) is 0 Å². The first-order chi connectivity index (χ1) is 8.43. The third kappa shape index (κ3) is 2.26. The van der Waals surface area contributed by atoms with Crippen LogP contribution in [0.1, 0.15) is 46.5 Å². The molecule has 1 saturated heterocycles. The lowest BCUT2D eigenvalue weighted by Gasteiger charge is -2.29. The van der Waals surface area contributed by atoms with Crippen molar-refractivity contribution >= 4 is 11.9 Å². The lowest BCUT2D eigenvalue weighted by Crippen LogP contribution is -2.33. The second kappa shape index (κ2) is 4.71. The molecular formula is C15H20O3. The summed E-state index contributed by atoms with van der Waals surface area (Å²) < 4.78 is 4.78. The molecule has 0 aromatic carbocycles. The van der Waals surface area contributed by atoms with Gasteiger partial charge >= 0.3 is 11.9 Å². The fourth-order valence-corrected chi connectivity index (χ4v) is 2.67. The predicted molar refractivity (Wildman–Crippen MR) is 68.7 cm³/mol. The highest BCUT2D eigenvalue weighted by atomic mass is 16.6. The molecule has 3 heteroatoms. The Hall–Kier alpha value is -1.38. The molecule has 0 N–H and O–H groups in total. The van der Waals surface area contributed by atoms with Gasteiger partial charge in [-0.2, -0.15) is 0 Å². The number of rotatable bonds is 3. The van der Waals surface area contributed by atoms with E-state index >= 15 is 0 Å². The first kappa shape index (κ1) is 13.1. The average molecular weight is 248 g/mol. The molecule has 2 atom stereocenters. The number of hydrogen-bond donors (Lipinski definition) is 0.